The molecule has 0 atom stereocenters. The summed E-state index contributed by atoms with van der Waals surface area (Å²) >= 11 is 2.31. The fourth-order valence-electron chi connectivity index (χ4n) is 0.839. The van der Waals surface area contributed by atoms with Crippen molar-refractivity contribution in [1.29, 1.82) is 0 Å². The molecule has 0 aliphatic carbocycles. The second-order valence-electron chi connectivity index (χ2n) is 2.24. The molecular formula is C7H7NO4S2. The van der Waals surface area contributed by atoms with E-state index in [4.69, 9.17) is 0 Å². The Morgan fingerprint density at radius 1 is 1.71 bits per heavy atom. The number of nitro groups is 1. The van der Waals surface area contributed by atoms with Gasteiger partial charge in [0.1, 0.15) is 9.09 Å². The molecule has 0 fully saturated rings. The molecule has 1 heterocycles. The molecule has 0 amide bonds. The van der Waals surface area contributed by atoms with Crippen molar-refractivity contribution in [1.82, 2.24) is 0 Å². The zero-order valence-electron chi connectivity index (χ0n) is 7.47. The number of thioether (sulfide) groups is 1. The molecule has 1 aromatic heterocycles. The van der Waals surface area contributed by atoms with Crippen molar-refractivity contribution in [3.63, 3.8) is 0 Å². The molecule has 0 bridgehead atoms. The lowest BCUT2D eigenvalue weighted by Crippen LogP contribution is -1.97. The molecule has 0 aliphatic heterocycles. The molecule has 76 valence electrons. The standard InChI is InChI=1S/C7H7NO4S2/c1-12-6(9)5-3-4(8(10)11)7(13-2)14-5/h3H,1-2H3. The quantitative estimate of drug-likeness (QED) is 0.346. The molecule has 1 aromatic rings. The van der Waals surface area contributed by atoms with E-state index < -0.39 is 10.9 Å². The number of carbonyl (C=O) groups excluding carboxylic acids is 1. The normalized spacial score (nSPS) is 9.86. The van der Waals surface area contributed by atoms with Gasteiger partial charge in [-0.1, -0.05) is 0 Å². The highest BCUT2D eigenvalue weighted by Gasteiger charge is 2.21. The Kier molecular flexibility index (Phi) is 3.48. The summed E-state index contributed by atoms with van der Waals surface area (Å²) < 4.78 is 4.98. The highest BCUT2D eigenvalue weighted by molar-refractivity contribution is 8.00. The lowest BCUT2D eigenvalue weighted by atomic mass is 10.4. The molecule has 0 unspecified atom stereocenters. The number of esters is 1. The molecule has 0 N–H and O–H groups in total. The number of nitrogens with zero attached hydrogens (tertiary/aromatic N) is 1. The van der Waals surface area contributed by atoms with Gasteiger partial charge >= 0.3 is 5.97 Å². The van der Waals surface area contributed by atoms with Crippen LogP contribution in [0.2, 0.25) is 0 Å². The number of rotatable bonds is 3. The summed E-state index contributed by atoms with van der Waals surface area (Å²) in [5.74, 6) is -0.543. The summed E-state index contributed by atoms with van der Waals surface area (Å²) in [6.45, 7) is 0. The second kappa shape index (κ2) is 4.43. The first-order valence-corrected chi connectivity index (χ1v) is 5.54. The van der Waals surface area contributed by atoms with Gasteiger partial charge in [0.15, 0.2) is 0 Å². The Hall–Kier alpha value is -1.08. The number of methoxy groups -OCH3 is 1. The fraction of sp³-hybridized carbons (Fsp3) is 0.286. The van der Waals surface area contributed by atoms with Crippen LogP contribution in [0.3, 0.4) is 0 Å². The van der Waals surface area contributed by atoms with Crippen LogP contribution in [0.5, 0.6) is 0 Å². The summed E-state index contributed by atoms with van der Waals surface area (Å²) in [5, 5.41) is 10.6. The molecule has 14 heavy (non-hydrogen) atoms. The number of hydrogen-bond acceptors (Lipinski definition) is 6. The summed E-state index contributed by atoms with van der Waals surface area (Å²) in [4.78, 5) is 21.4. The molecular weight excluding hydrogens is 226 g/mol. The van der Waals surface area contributed by atoms with Crippen LogP contribution in [0.15, 0.2) is 10.3 Å². The van der Waals surface area contributed by atoms with E-state index >= 15 is 0 Å². The Labute approximate surface area is 88.2 Å². The molecule has 0 spiro atoms. The van der Waals surface area contributed by atoms with Crippen LogP contribution >= 0.6 is 23.1 Å². The zero-order chi connectivity index (χ0) is 10.7. The van der Waals surface area contributed by atoms with Crippen LogP contribution in [0.4, 0.5) is 5.69 Å². The van der Waals surface area contributed by atoms with E-state index in [1.807, 2.05) is 0 Å². The largest absolute Gasteiger partial charge is 0.465 e. The van der Waals surface area contributed by atoms with Crippen LogP contribution in [0, 0.1) is 10.1 Å². The van der Waals surface area contributed by atoms with Crippen LogP contribution < -0.4 is 0 Å². The maximum atomic E-state index is 11.1. The lowest BCUT2D eigenvalue weighted by molar-refractivity contribution is -0.387. The van der Waals surface area contributed by atoms with Crippen molar-refractivity contribution >= 4 is 34.8 Å². The van der Waals surface area contributed by atoms with Crippen molar-refractivity contribution in [2.45, 2.75) is 4.21 Å². The fourth-order valence-corrected chi connectivity index (χ4v) is 2.56. The van der Waals surface area contributed by atoms with Crippen LogP contribution in [0.25, 0.3) is 0 Å². The summed E-state index contributed by atoms with van der Waals surface area (Å²) in [5.41, 5.74) is -0.0390. The Morgan fingerprint density at radius 2 is 2.36 bits per heavy atom. The van der Waals surface area contributed by atoms with Gasteiger partial charge in [0.2, 0.25) is 0 Å². The summed E-state index contributed by atoms with van der Waals surface area (Å²) in [6, 6.07) is 1.24. The lowest BCUT2D eigenvalue weighted by Gasteiger charge is -1.90. The first kappa shape index (κ1) is 11.0. The van der Waals surface area contributed by atoms with Gasteiger partial charge in [-0.2, -0.15) is 0 Å². The molecule has 7 heteroatoms. The van der Waals surface area contributed by atoms with E-state index in [0.29, 0.717) is 4.21 Å². The van der Waals surface area contributed by atoms with Gasteiger partial charge in [-0.25, -0.2) is 4.79 Å². The molecule has 0 saturated heterocycles. The summed E-state index contributed by atoms with van der Waals surface area (Å²) in [6.07, 6.45) is 1.72. The van der Waals surface area contributed by atoms with Crippen LogP contribution in [0.1, 0.15) is 9.67 Å². The van der Waals surface area contributed by atoms with Gasteiger partial charge < -0.3 is 4.74 Å². The third-order valence-corrected chi connectivity index (χ3v) is 3.68. The van der Waals surface area contributed by atoms with E-state index in [1.54, 1.807) is 6.26 Å². The van der Waals surface area contributed by atoms with Crippen molar-refractivity contribution in [3.8, 4) is 0 Å². The van der Waals surface area contributed by atoms with Gasteiger partial charge in [0, 0.05) is 6.07 Å². The van der Waals surface area contributed by atoms with E-state index in [1.165, 1.54) is 24.9 Å². The average Bonchev–Trinajstić information content (AvgIpc) is 2.60. The van der Waals surface area contributed by atoms with E-state index in [-0.39, 0.29) is 10.6 Å². The molecule has 0 aliphatic rings. The minimum absolute atomic E-state index is 0.0390. The molecule has 1 rings (SSSR count). The number of ether oxygens (including phenoxy) is 1. The van der Waals surface area contributed by atoms with Gasteiger partial charge in [0.05, 0.1) is 12.0 Å². The highest BCUT2D eigenvalue weighted by Crippen LogP contribution is 2.36. The van der Waals surface area contributed by atoms with Crippen molar-refractivity contribution < 1.29 is 14.5 Å². The predicted octanol–water partition coefficient (Wildman–Crippen LogP) is 2.16. The first-order valence-electron chi connectivity index (χ1n) is 3.50. The van der Waals surface area contributed by atoms with Crippen LogP contribution in [-0.2, 0) is 4.74 Å². The van der Waals surface area contributed by atoms with Crippen molar-refractivity contribution in [2.75, 3.05) is 13.4 Å². The third kappa shape index (κ3) is 2.05. The number of thiophene rings is 1. The number of hydrogen-bond donors (Lipinski definition) is 0. The van der Waals surface area contributed by atoms with Gasteiger partial charge in [-0.05, 0) is 6.26 Å². The molecule has 0 radical (unpaired) electrons. The first-order chi connectivity index (χ1) is 6.60. The maximum Gasteiger partial charge on any atom is 0.348 e. The van der Waals surface area contributed by atoms with E-state index in [0.717, 1.165) is 11.3 Å². The Morgan fingerprint density at radius 3 is 2.71 bits per heavy atom. The Balaban J connectivity index is 3.13. The maximum absolute atomic E-state index is 11.1. The van der Waals surface area contributed by atoms with Gasteiger partial charge in [0.25, 0.3) is 5.69 Å². The minimum atomic E-state index is -0.543. The monoisotopic (exact) mass is 233 g/mol. The minimum Gasteiger partial charge on any atom is -0.465 e. The molecule has 0 saturated carbocycles. The van der Waals surface area contributed by atoms with Gasteiger partial charge in [-0.3, -0.25) is 10.1 Å². The number of carbonyl (C=O) groups is 1. The van der Waals surface area contributed by atoms with Gasteiger partial charge in [-0.15, -0.1) is 23.1 Å². The summed E-state index contributed by atoms with van der Waals surface area (Å²) in [7, 11) is 1.24. The second-order valence-corrected chi connectivity index (χ2v) is 4.36. The SMILES string of the molecule is COC(=O)c1cc([N+](=O)[O-])c(SC)s1. The molecule has 5 nitrogen and oxygen atoms in total. The Bertz CT molecular complexity index is 374. The highest BCUT2D eigenvalue weighted by atomic mass is 32.2. The average molecular weight is 233 g/mol. The zero-order valence-corrected chi connectivity index (χ0v) is 9.11. The topological polar surface area (TPSA) is 69.4 Å². The molecule has 0 aromatic carbocycles. The third-order valence-electron chi connectivity index (χ3n) is 1.45. The van der Waals surface area contributed by atoms with E-state index in [9.17, 15) is 14.9 Å². The van der Waals surface area contributed by atoms with E-state index in [2.05, 4.69) is 4.74 Å². The van der Waals surface area contributed by atoms with Crippen LogP contribution in [-0.4, -0.2) is 24.3 Å². The van der Waals surface area contributed by atoms with Crippen molar-refractivity contribution in [2.24, 2.45) is 0 Å². The predicted molar refractivity (Wildman–Crippen MR) is 54.1 cm³/mol. The van der Waals surface area contributed by atoms with Crippen molar-refractivity contribution in [3.05, 3.63) is 21.1 Å². The smallest absolute Gasteiger partial charge is 0.348 e.